The molecule has 1 unspecified atom stereocenters. The summed E-state index contributed by atoms with van der Waals surface area (Å²) in [5.41, 5.74) is 3.61. The second-order valence-corrected chi connectivity index (χ2v) is 5.50. The highest BCUT2D eigenvalue weighted by molar-refractivity contribution is 6.04. The Morgan fingerprint density at radius 3 is 2.38 bits per heavy atom. The van der Waals surface area contributed by atoms with Gasteiger partial charge in [0, 0.05) is 23.4 Å². The zero-order valence-corrected chi connectivity index (χ0v) is 12.8. The minimum atomic E-state index is 0.105. The molecule has 0 spiro atoms. The van der Waals surface area contributed by atoms with E-state index in [1.165, 1.54) is 27.7 Å². The van der Waals surface area contributed by atoms with Crippen LogP contribution in [-0.2, 0) is 4.74 Å². The second kappa shape index (κ2) is 5.78. The Hall–Kier alpha value is -2.00. The molecule has 21 heavy (non-hydrogen) atoms. The van der Waals surface area contributed by atoms with Gasteiger partial charge in [0.15, 0.2) is 0 Å². The van der Waals surface area contributed by atoms with Crippen molar-refractivity contribution in [2.45, 2.75) is 33.0 Å². The van der Waals surface area contributed by atoms with Gasteiger partial charge in [0.2, 0.25) is 0 Å². The summed E-state index contributed by atoms with van der Waals surface area (Å²) in [5, 5.41) is 9.67. The fourth-order valence-corrected chi connectivity index (χ4v) is 2.93. The topological polar surface area (TPSA) is 33.3 Å². The molecule has 1 atom stereocenters. The molecule has 1 heterocycles. The van der Waals surface area contributed by atoms with Crippen LogP contribution in [0.25, 0.3) is 10.8 Å². The summed E-state index contributed by atoms with van der Waals surface area (Å²) < 4.78 is 5.60. The van der Waals surface area contributed by atoms with Crippen LogP contribution in [0, 0.1) is 0 Å². The number of benzene rings is 2. The zero-order chi connectivity index (χ0) is 14.8. The molecule has 3 heteroatoms. The number of hydrogen-bond donors (Lipinski definition) is 2. The van der Waals surface area contributed by atoms with Crippen LogP contribution in [0.15, 0.2) is 48.0 Å². The SMILES string of the molecule is CCOC(C)/C=C(\C)C1Nc2cccc3cccc(c23)N1. The van der Waals surface area contributed by atoms with Gasteiger partial charge in [0.1, 0.15) is 6.17 Å². The third kappa shape index (κ3) is 2.74. The van der Waals surface area contributed by atoms with E-state index in [1.54, 1.807) is 0 Å². The van der Waals surface area contributed by atoms with E-state index in [0.29, 0.717) is 0 Å². The summed E-state index contributed by atoms with van der Waals surface area (Å²) in [4.78, 5) is 0. The Morgan fingerprint density at radius 1 is 1.19 bits per heavy atom. The van der Waals surface area contributed by atoms with Crippen LogP contribution < -0.4 is 10.6 Å². The first-order valence-corrected chi connectivity index (χ1v) is 7.53. The normalized spacial score (nSPS) is 16.4. The standard InChI is InChI=1S/C18H22N2O/c1-4-21-13(3)11-12(2)18-19-15-9-5-7-14-8-6-10-16(20-18)17(14)15/h5-11,13,18-20H,4H2,1-3H3/b12-11+. The van der Waals surface area contributed by atoms with E-state index in [-0.39, 0.29) is 12.3 Å². The third-order valence-electron chi connectivity index (χ3n) is 3.89. The van der Waals surface area contributed by atoms with Gasteiger partial charge >= 0.3 is 0 Å². The monoisotopic (exact) mass is 282 g/mol. The van der Waals surface area contributed by atoms with Crippen molar-refractivity contribution in [2.24, 2.45) is 0 Å². The molecule has 0 aliphatic carbocycles. The molecule has 0 bridgehead atoms. The Kier molecular flexibility index (Phi) is 3.84. The van der Waals surface area contributed by atoms with E-state index in [2.05, 4.69) is 67.0 Å². The maximum absolute atomic E-state index is 5.60. The summed E-state index contributed by atoms with van der Waals surface area (Å²) in [7, 11) is 0. The van der Waals surface area contributed by atoms with E-state index in [9.17, 15) is 0 Å². The van der Waals surface area contributed by atoms with Gasteiger partial charge in [-0.05, 0) is 43.9 Å². The molecular formula is C18H22N2O. The lowest BCUT2D eigenvalue weighted by Gasteiger charge is -2.30. The fraction of sp³-hybridized carbons (Fsp3) is 0.333. The molecule has 2 aromatic rings. The average Bonchev–Trinajstić information content (AvgIpc) is 2.48. The molecule has 2 N–H and O–H groups in total. The van der Waals surface area contributed by atoms with Crippen molar-refractivity contribution in [1.29, 1.82) is 0 Å². The van der Waals surface area contributed by atoms with Gasteiger partial charge in [-0.2, -0.15) is 0 Å². The van der Waals surface area contributed by atoms with Crippen molar-refractivity contribution in [3.8, 4) is 0 Å². The van der Waals surface area contributed by atoms with Gasteiger partial charge in [-0.25, -0.2) is 0 Å². The van der Waals surface area contributed by atoms with Gasteiger partial charge in [0.25, 0.3) is 0 Å². The molecule has 0 fully saturated rings. The van der Waals surface area contributed by atoms with Crippen LogP contribution in [0.5, 0.6) is 0 Å². The first kappa shape index (κ1) is 14.0. The average molecular weight is 282 g/mol. The molecule has 2 aromatic carbocycles. The van der Waals surface area contributed by atoms with Crippen LogP contribution in [0.2, 0.25) is 0 Å². The van der Waals surface area contributed by atoms with E-state index in [1.807, 2.05) is 6.92 Å². The number of anilines is 2. The van der Waals surface area contributed by atoms with E-state index < -0.39 is 0 Å². The first-order valence-electron chi connectivity index (χ1n) is 7.53. The highest BCUT2D eigenvalue weighted by Crippen LogP contribution is 2.35. The summed E-state index contributed by atoms with van der Waals surface area (Å²) in [6.07, 6.45) is 2.40. The van der Waals surface area contributed by atoms with Crippen molar-refractivity contribution in [3.05, 3.63) is 48.0 Å². The highest BCUT2D eigenvalue weighted by atomic mass is 16.5. The minimum absolute atomic E-state index is 0.105. The predicted octanol–water partition coefficient (Wildman–Crippen LogP) is 4.37. The van der Waals surface area contributed by atoms with Gasteiger partial charge in [0.05, 0.1) is 6.10 Å². The molecule has 3 rings (SSSR count). The molecule has 0 saturated carbocycles. The van der Waals surface area contributed by atoms with Crippen LogP contribution in [-0.4, -0.2) is 18.9 Å². The molecule has 1 aliphatic heterocycles. The Labute approximate surface area is 126 Å². The summed E-state index contributed by atoms with van der Waals surface area (Å²) in [6.45, 7) is 6.96. The Balaban J connectivity index is 1.90. The lowest BCUT2D eigenvalue weighted by Crippen LogP contribution is -2.33. The van der Waals surface area contributed by atoms with Gasteiger partial charge in [-0.1, -0.05) is 30.3 Å². The Bertz CT molecular complexity index is 637. The highest BCUT2D eigenvalue weighted by Gasteiger charge is 2.20. The van der Waals surface area contributed by atoms with Gasteiger partial charge < -0.3 is 15.4 Å². The molecule has 110 valence electrons. The summed E-state index contributed by atoms with van der Waals surface area (Å²) >= 11 is 0. The minimum Gasteiger partial charge on any atom is -0.375 e. The van der Waals surface area contributed by atoms with Crippen LogP contribution in [0.1, 0.15) is 20.8 Å². The second-order valence-electron chi connectivity index (χ2n) is 5.50. The quantitative estimate of drug-likeness (QED) is 0.817. The predicted molar refractivity (Wildman–Crippen MR) is 89.8 cm³/mol. The number of rotatable bonds is 4. The third-order valence-corrected chi connectivity index (χ3v) is 3.89. The van der Waals surface area contributed by atoms with Crippen molar-refractivity contribution in [2.75, 3.05) is 17.2 Å². The maximum atomic E-state index is 5.60. The van der Waals surface area contributed by atoms with Crippen LogP contribution in [0.3, 0.4) is 0 Å². The molecule has 0 saturated heterocycles. The van der Waals surface area contributed by atoms with E-state index in [4.69, 9.17) is 4.74 Å². The summed E-state index contributed by atoms with van der Waals surface area (Å²) in [5.74, 6) is 0. The Morgan fingerprint density at radius 2 is 1.81 bits per heavy atom. The molecule has 0 amide bonds. The first-order chi connectivity index (χ1) is 10.2. The number of nitrogens with one attached hydrogen (secondary N) is 2. The van der Waals surface area contributed by atoms with Crippen LogP contribution >= 0.6 is 0 Å². The lowest BCUT2D eigenvalue weighted by molar-refractivity contribution is 0.109. The zero-order valence-electron chi connectivity index (χ0n) is 12.8. The maximum Gasteiger partial charge on any atom is 0.119 e. The van der Waals surface area contributed by atoms with Crippen LogP contribution in [0.4, 0.5) is 11.4 Å². The van der Waals surface area contributed by atoms with Crippen molar-refractivity contribution >= 4 is 22.1 Å². The fourth-order valence-electron chi connectivity index (χ4n) is 2.93. The molecule has 0 radical (unpaired) electrons. The lowest BCUT2D eigenvalue weighted by atomic mass is 10.0. The molecule has 0 aromatic heterocycles. The van der Waals surface area contributed by atoms with Crippen molar-refractivity contribution in [3.63, 3.8) is 0 Å². The van der Waals surface area contributed by atoms with Gasteiger partial charge in [-0.15, -0.1) is 0 Å². The van der Waals surface area contributed by atoms with Crippen molar-refractivity contribution < 1.29 is 4.74 Å². The molecule has 3 nitrogen and oxygen atoms in total. The number of hydrogen-bond acceptors (Lipinski definition) is 3. The molecular weight excluding hydrogens is 260 g/mol. The smallest absolute Gasteiger partial charge is 0.119 e. The van der Waals surface area contributed by atoms with Gasteiger partial charge in [-0.3, -0.25) is 0 Å². The molecule has 1 aliphatic rings. The summed E-state index contributed by atoms with van der Waals surface area (Å²) in [6, 6.07) is 12.8. The van der Waals surface area contributed by atoms with Crippen molar-refractivity contribution in [1.82, 2.24) is 0 Å². The number of ether oxygens (including phenoxy) is 1. The largest absolute Gasteiger partial charge is 0.375 e. The van der Waals surface area contributed by atoms with E-state index >= 15 is 0 Å². The van der Waals surface area contributed by atoms with E-state index in [0.717, 1.165) is 6.61 Å².